The molecule has 0 spiro atoms. The first kappa shape index (κ1) is 19.9. The van der Waals surface area contributed by atoms with Crippen molar-refractivity contribution >= 4 is 46.6 Å². The number of rotatable bonds is 5. The van der Waals surface area contributed by atoms with Crippen LogP contribution in [-0.4, -0.2) is 11.7 Å². The third-order valence-electron chi connectivity index (χ3n) is 3.06. The van der Waals surface area contributed by atoms with Crippen LogP contribution in [0.15, 0.2) is 36.4 Å². The van der Waals surface area contributed by atoms with Gasteiger partial charge in [-0.1, -0.05) is 29.3 Å². The third kappa shape index (κ3) is 5.80. The van der Waals surface area contributed by atoms with Gasteiger partial charge in [-0.05, 0) is 35.9 Å². The van der Waals surface area contributed by atoms with Crippen LogP contribution in [0.4, 0.5) is 23.2 Å². The highest BCUT2D eigenvalue weighted by molar-refractivity contribution is 7.99. The van der Waals surface area contributed by atoms with E-state index in [1.165, 1.54) is 24.3 Å². The van der Waals surface area contributed by atoms with Crippen molar-refractivity contribution < 1.29 is 22.4 Å². The molecule has 0 heterocycles. The highest BCUT2D eigenvalue weighted by atomic mass is 35.5. The van der Waals surface area contributed by atoms with Gasteiger partial charge in [-0.3, -0.25) is 4.79 Å². The standard InChI is InChI=1S/C16H11Cl2F4NOS/c17-10-2-1-9(14(19)5-10)7-25-8-15(24)23-11-3-4-13(18)12(6-11)16(20,21)22/h1-6H,7-8H2,(H,23,24). The molecule has 25 heavy (non-hydrogen) atoms. The molecule has 0 saturated heterocycles. The topological polar surface area (TPSA) is 29.1 Å². The van der Waals surface area contributed by atoms with E-state index >= 15 is 0 Å². The van der Waals surface area contributed by atoms with E-state index in [1.807, 2.05) is 0 Å². The van der Waals surface area contributed by atoms with Crippen molar-refractivity contribution in [2.45, 2.75) is 11.9 Å². The molecule has 0 saturated carbocycles. The van der Waals surface area contributed by atoms with Gasteiger partial charge in [-0.15, -0.1) is 11.8 Å². The van der Waals surface area contributed by atoms with Crippen LogP contribution < -0.4 is 5.32 Å². The van der Waals surface area contributed by atoms with Crippen LogP contribution in [-0.2, 0) is 16.7 Å². The van der Waals surface area contributed by atoms with E-state index in [9.17, 15) is 22.4 Å². The third-order valence-corrected chi connectivity index (χ3v) is 4.61. The van der Waals surface area contributed by atoms with E-state index in [0.717, 1.165) is 23.9 Å². The second kappa shape index (κ2) is 8.29. The molecule has 2 nitrogen and oxygen atoms in total. The number of carbonyl (C=O) groups is 1. The summed E-state index contributed by atoms with van der Waals surface area (Å²) >= 11 is 12.3. The Morgan fingerprint density at radius 3 is 2.48 bits per heavy atom. The van der Waals surface area contributed by atoms with E-state index in [2.05, 4.69) is 5.32 Å². The summed E-state index contributed by atoms with van der Waals surface area (Å²) in [5, 5.41) is 2.18. The van der Waals surface area contributed by atoms with Gasteiger partial charge in [0, 0.05) is 16.5 Å². The summed E-state index contributed by atoms with van der Waals surface area (Å²) in [4.78, 5) is 11.8. The second-order valence-corrected chi connectivity index (χ2v) is 6.80. The molecule has 2 aromatic rings. The molecule has 0 aliphatic heterocycles. The molecule has 2 rings (SSSR count). The summed E-state index contributed by atoms with van der Waals surface area (Å²) in [7, 11) is 0. The normalized spacial score (nSPS) is 11.4. The molecule has 9 heteroatoms. The molecule has 0 aromatic heterocycles. The predicted octanol–water partition coefficient (Wildman–Crippen LogP) is 6.02. The maximum atomic E-state index is 13.6. The van der Waals surface area contributed by atoms with Crippen molar-refractivity contribution in [3.05, 3.63) is 63.4 Å². The van der Waals surface area contributed by atoms with E-state index in [1.54, 1.807) is 0 Å². The van der Waals surface area contributed by atoms with Gasteiger partial charge in [0.05, 0.1) is 16.3 Å². The van der Waals surface area contributed by atoms with Crippen molar-refractivity contribution in [2.75, 3.05) is 11.1 Å². The minimum absolute atomic E-state index is 0.0139. The zero-order valence-corrected chi connectivity index (χ0v) is 14.8. The van der Waals surface area contributed by atoms with E-state index < -0.39 is 28.5 Å². The minimum Gasteiger partial charge on any atom is -0.325 e. The van der Waals surface area contributed by atoms with Crippen molar-refractivity contribution in [1.29, 1.82) is 0 Å². The first-order valence-corrected chi connectivity index (χ1v) is 8.76. The van der Waals surface area contributed by atoms with Gasteiger partial charge >= 0.3 is 6.18 Å². The fourth-order valence-corrected chi connectivity index (χ4v) is 3.11. The molecule has 0 unspecified atom stereocenters. The number of hydrogen-bond donors (Lipinski definition) is 1. The fourth-order valence-electron chi connectivity index (χ4n) is 1.91. The smallest absolute Gasteiger partial charge is 0.325 e. The summed E-state index contributed by atoms with van der Waals surface area (Å²) < 4.78 is 51.9. The summed E-state index contributed by atoms with van der Waals surface area (Å²) in [6.07, 6.45) is -4.61. The number of carbonyl (C=O) groups excluding carboxylic acids is 1. The molecule has 0 aliphatic carbocycles. The lowest BCUT2D eigenvalue weighted by atomic mass is 10.2. The molecule has 0 atom stereocenters. The highest BCUT2D eigenvalue weighted by Crippen LogP contribution is 2.36. The molecule has 0 aliphatic rings. The molecular weight excluding hydrogens is 401 g/mol. The van der Waals surface area contributed by atoms with Crippen LogP contribution in [0.3, 0.4) is 0 Å². The van der Waals surface area contributed by atoms with E-state index in [0.29, 0.717) is 5.56 Å². The van der Waals surface area contributed by atoms with Gasteiger partial charge in [0.15, 0.2) is 0 Å². The SMILES string of the molecule is O=C(CSCc1ccc(Cl)cc1F)Nc1ccc(Cl)c(C(F)(F)F)c1. The van der Waals surface area contributed by atoms with Gasteiger partial charge in [0.25, 0.3) is 0 Å². The number of benzene rings is 2. The maximum Gasteiger partial charge on any atom is 0.417 e. The Hall–Kier alpha value is -1.44. The zero-order chi connectivity index (χ0) is 18.6. The number of hydrogen-bond acceptors (Lipinski definition) is 2. The van der Waals surface area contributed by atoms with Gasteiger partial charge in [-0.2, -0.15) is 13.2 Å². The Labute approximate surface area is 155 Å². The van der Waals surface area contributed by atoms with Crippen molar-refractivity contribution in [3.63, 3.8) is 0 Å². The number of halogens is 6. The van der Waals surface area contributed by atoms with Crippen LogP contribution in [0.5, 0.6) is 0 Å². The number of anilines is 1. The molecule has 0 bridgehead atoms. The Morgan fingerprint density at radius 1 is 1.12 bits per heavy atom. The summed E-state index contributed by atoms with van der Waals surface area (Å²) in [5.41, 5.74) is -0.657. The van der Waals surface area contributed by atoms with Crippen molar-refractivity contribution in [2.24, 2.45) is 0 Å². The maximum absolute atomic E-state index is 13.6. The number of thioether (sulfide) groups is 1. The largest absolute Gasteiger partial charge is 0.417 e. The van der Waals surface area contributed by atoms with E-state index in [-0.39, 0.29) is 22.2 Å². The van der Waals surface area contributed by atoms with Gasteiger partial charge in [0.2, 0.25) is 5.91 Å². The number of nitrogens with one attached hydrogen (secondary N) is 1. The van der Waals surface area contributed by atoms with Gasteiger partial charge < -0.3 is 5.32 Å². The monoisotopic (exact) mass is 411 g/mol. The minimum atomic E-state index is -4.61. The first-order chi connectivity index (χ1) is 11.7. The lowest BCUT2D eigenvalue weighted by Crippen LogP contribution is -2.15. The van der Waals surface area contributed by atoms with Crippen LogP contribution in [0.2, 0.25) is 10.0 Å². The second-order valence-electron chi connectivity index (χ2n) is 4.97. The molecular formula is C16H11Cl2F4NOS. The molecule has 1 N–H and O–H groups in total. The zero-order valence-electron chi connectivity index (χ0n) is 12.5. The molecule has 2 aromatic carbocycles. The predicted molar refractivity (Wildman–Crippen MR) is 92.7 cm³/mol. The van der Waals surface area contributed by atoms with Crippen LogP contribution in [0, 0.1) is 5.82 Å². The average molecular weight is 412 g/mol. The lowest BCUT2D eigenvalue weighted by Gasteiger charge is -2.11. The first-order valence-electron chi connectivity index (χ1n) is 6.85. The highest BCUT2D eigenvalue weighted by Gasteiger charge is 2.33. The van der Waals surface area contributed by atoms with Gasteiger partial charge in [-0.25, -0.2) is 4.39 Å². The van der Waals surface area contributed by atoms with Crippen molar-refractivity contribution in [1.82, 2.24) is 0 Å². The summed E-state index contributed by atoms with van der Waals surface area (Å²) in [5.74, 6) is -0.806. The Morgan fingerprint density at radius 2 is 1.84 bits per heavy atom. The van der Waals surface area contributed by atoms with Crippen LogP contribution >= 0.6 is 35.0 Å². The quantitative estimate of drug-likeness (QED) is 0.609. The summed E-state index contributed by atoms with van der Waals surface area (Å²) in [6, 6.07) is 7.33. The molecule has 0 radical (unpaired) electrons. The molecule has 1 amide bonds. The Bertz CT molecular complexity index is 783. The fraction of sp³-hybridized carbons (Fsp3) is 0.188. The Kier molecular flexibility index (Phi) is 6.59. The van der Waals surface area contributed by atoms with E-state index in [4.69, 9.17) is 23.2 Å². The number of amides is 1. The molecule has 134 valence electrons. The summed E-state index contributed by atoms with van der Waals surface area (Å²) in [6.45, 7) is 0. The van der Waals surface area contributed by atoms with Crippen LogP contribution in [0.25, 0.3) is 0 Å². The van der Waals surface area contributed by atoms with Gasteiger partial charge in [0.1, 0.15) is 5.82 Å². The number of alkyl halides is 3. The molecule has 0 fully saturated rings. The van der Waals surface area contributed by atoms with Crippen LogP contribution in [0.1, 0.15) is 11.1 Å². The lowest BCUT2D eigenvalue weighted by molar-refractivity contribution is -0.137. The Balaban J connectivity index is 1.92. The van der Waals surface area contributed by atoms with Crippen molar-refractivity contribution in [3.8, 4) is 0 Å². The average Bonchev–Trinajstić information content (AvgIpc) is 2.50.